The van der Waals surface area contributed by atoms with E-state index in [0.717, 1.165) is 77.0 Å². The molecule has 7 unspecified atom stereocenters. The zero-order valence-electron chi connectivity index (χ0n) is 44.7. The summed E-state index contributed by atoms with van der Waals surface area (Å²) in [6.45, 7) is 4.22. The lowest BCUT2D eigenvalue weighted by atomic mass is 9.99. The first-order valence-corrected chi connectivity index (χ1v) is 28.9. The van der Waals surface area contributed by atoms with Crippen LogP contribution in [0.4, 0.5) is 0 Å². The van der Waals surface area contributed by atoms with Crippen LogP contribution in [0, 0.1) is 0 Å². The Morgan fingerprint density at radius 1 is 0.514 bits per heavy atom. The molecule has 0 spiro atoms. The predicted molar refractivity (Wildman–Crippen MR) is 287 cm³/mol. The van der Waals surface area contributed by atoms with Crippen molar-refractivity contribution in [2.75, 3.05) is 19.8 Å². The average molecular weight is 991 g/mol. The van der Waals surface area contributed by atoms with Crippen molar-refractivity contribution >= 4 is 11.9 Å². The molecule has 0 aromatic heterocycles. The normalized spacial score (nSPS) is 19.6. The molecule has 0 aromatic rings. The number of carbonyl (C=O) groups excluding carboxylic acids is 2. The number of hydrogen-bond donors (Lipinski definition) is 6. The molecule has 0 aromatic carbocycles. The van der Waals surface area contributed by atoms with Gasteiger partial charge in [0.1, 0.15) is 24.4 Å². The second kappa shape index (κ2) is 48.9. The highest BCUT2D eigenvalue weighted by molar-refractivity contribution is 5.76. The molecule has 1 rings (SSSR count). The van der Waals surface area contributed by atoms with Crippen LogP contribution in [-0.2, 0) is 23.8 Å². The number of carbonyl (C=O) groups is 2. The Morgan fingerprint density at radius 3 is 1.46 bits per heavy atom. The third-order valence-corrected chi connectivity index (χ3v) is 13.4. The summed E-state index contributed by atoms with van der Waals surface area (Å²) < 4.78 is 16.6. The third kappa shape index (κ3) is 38.3. The second-order valence-corrected chi connectivity index (χ2v) is 20.0. The summed E-state index contributed by atoms with van der Waals surface area (Å²) in [5.41, 5.74) is 0. The number of aliphatic hydroxyl groups is 5. The van der Waals surface area contributed by atoms with Gasteiger partial charge in [0.25, 0.3) is 0 Å². The maximum Gasteiger partial charge on any atom is 0.305 e. The van der Waals surface area contributed by atoms with Crippen molar-refractivity contribution in [3.63, 3.8) is 0 Å². The Kier molecular flexibility index (Phi) is 45.8. The molecule has 1 aliphatic heterocycles. The van der Waals surface area contributed by atoms with Gasteiger partial charge in [-0.05, 0) is 89.9 Å². The Morgan fingerprint density at radius 2 is 0.943 bits per heavy atom. The quantitative estimate of drug-likeness (QED) is 0.0196. The van der Waals surface area contributed by atoms with E-state index in [9.17, 15) is 35.1 Å². The minimum Gasteiger partial charge on any atom is -0.466 e. The molecule has 0 saturated carbocycles. The van der Waals surface area contributed by atoms with E-state index in [1.165, 1.54) is 148 Å². The summed E-state index contributed by atoms with van der Waals surface area (Å²) in [6.07, 6.45) is 50.8. The van der Waals surface area contributed by atoms with Crippen LogP contribution in [0.5, 0.6) is 0 Å². The molecule has 0 bridgehead atoms. The van der Waals surface area contributed by atoms with Gasteiger partial charge in [-0.3, -0.25) is 9.59 Å². The maximum atomic E-state index is 13.0. The molecule has 11 nitrogen and oxygen atoms in total. The van der Waals surface area contributed by atoms with Crippen molar-refractivity contribution in [2.45, 2.75) is 294 Å². The number of esters is 1. The Balaban J connectivity index is 2.04. The molecule has 0 radical (unpaired) electrons. The molecule has 1 saturated heterocycles. The summed E-state index contributed by atoms with van der Waals surface area (Å²) in [7, 11) is 0. The van der Waals surface area contributed by atoms with Gasteiger partial charge in [-0.1, -0.05) is 197 Å². The fraction of sp³-hybridized carbons (Fsp3) is 0.831. The van der Waals surface area contributed by atoms with Crippen molar-refractivity contribution in [1.82, 2.24) is 5.32 Å². The highest BCUT2D eigenvalue weighted by Gasteiger charge is 2.44. The lowest BCUT2D eigenvalue weighted by Crippen LogP contribution is -2.60. The van der Waals surface area contributed by atoms with Gasteiger partial charge < -0.3 is 45.1 Å². The minimum atomic E-state index is -1.58. The summed E-state index contributed by atoms with van der Waals surface area (Å²) in [4.78, 5) is 25.0. The smallest absolute Gasteiger partial charge is 0.305 e. The van der Waals surface area contributed by atoms with Crippen LogP contribution < -0.4 is 5.32 Å². The molecule has 0 aliphatic carbocycles. The highest BCUT2D eigenvalue weighted by atomic mass is 16.7. The number of aliphatic hydroxyl groups excluding tert-OH is 5. The second-order valence-electron chi connectivity index (χ2n) is 20.0. The molecule has 1 aliphatic rings. The number of hydrogen-bond acceptors (Lipinski definition) is 10. The van der Waals surface area contributed by atoms with Gasteiger partial charge >= 0.3 is 5.97 Å². The molecule has 408 valence electrons. The van der Waals surface area contributed by atoms with Crippen LogP contribution >= 0.6 is 0 Å². The largest absolute Gasteiger partial charge is 0.466 e. The monoisotopic (exact) mass is 990 g/mol. The molecule has 1 heterocycles. The van der Waals surface area contributed by atoms with Crippen LogP contribution in [-0.4, -0.2) is 100 Å². The summed E-state index contributed by atoms with van der Waals surface area (Å²) in [6, 6.07) is -0.831. The van der Waals surface area contributed by atoms with E-state index in [2.05, 4.69) is 55.6 Å². The van der Waals surface area contributed by atoms with Crippen LogP contribution in [0.15, 0.2) is 48.6 Å². The first kappa shape index (κ1) is 65.6. The van der Waals surface area contributed by atoms with Crippen molar-refractivity contribution in [3.8, 4) is 0 Å². The first-order valence-electron chi connectivity index (χ1n) is 28.9. The van der Waals surface area contributed by atoms with E-state index in [1.807, 2.05) is 6.08 Å². The molecule has 1 fully saturated rings. The fourth-order valence-electron chi connectivity index (χ4n) is 8.72. The van der Waals surface area contributed by atoms with Crippen LogP contribution in [0.1, 0.15) is 251 Å². The molecule has 1 amide bonds. The van der Waals surface area contributed by atoms with E-state index >= 15 is 0 Å². The Bertz CT molecular complexity index is 1300. The lowest BCUT2D eigenvalue weighted by Gasteiger charge is -2.40. The van der Waals surface area contributed by atoms with E-state index in [4.69, 9.17) is 14.2 Å². The molecular formula is C59H107NO10. The van der Waals surface area contributed by atoms with Crippen LogP contribution in [0.25, 0.3) is 0 Å². The van der Waals surface area contributed by atoms with Crippen molar-refractivity contribution in [3.05, 3.63) is 48.6 Å². The van der Waals surface area contributed by atoms with E-state index < -0.39 is 49.5 Å². The van der Waals surface area contributed by atoms with Gasteiger partial charge in [0.15, 0.2) is 6.29 Å². The average Bonchev–Trinajstić information content (AvgIpc) is 3.36. The van der Waals surface area contributed by atoms with Crippen molar-refractivity contribution < 1.29 is 49.3 Å². The van der Waals surface area contributed by atoms with Crippen molar-refractivity contribution in [1.29, 1.82) is 0 Å². The standard InChI is InChI=1S/C59H107NO10/c1-3-5-7-9-11-13-26-31-35-39-43-47-55(64)68-48-44-40-36-32-28-25-23-21-19-17-15-14-16-18-20-22-24-27-30-34-38-42-46-54(63)60-51(52(62)45-41-37-33-29-12-10-8-6-4-2)50-69-59-58(67)57(66)56(65)53(49-61)70-59/h9,11-12,16,18,29,41,45,51-53,56-59,61-62,65-67H,3-8,10,13-15,17,19-28,30-40,42-44,46-50H2,1-2H3,(H,60,63)/b11-9-,18-16-,29-12+,45-41+. The summed E-state index contributed by atoms with van der Waals surface area (Å²) >= 11 is 0. The zero-order chi connectivity index (χ0) is 51.0. The number of amides is 1. The number of ether oxygens (including phenoxy) is 3. The van der Waals surface area contributed by atoms with Gasteiger partial charge in [-0.2, -0.15) is 0 Å². The lowest BCUT2D eigenvalue weighted by molar-refractivity contribution is -0.302. The first-order chi connectivity index (χ1) is 34.2. The Labute approximate surface area is 427 Å². The summed E-state index contributed by atoms with van der Waals surface area (Å²) in [5.74, 6) is -0.217. The number of nitrogens with one attached hydrogen (secondary N) is 1. The van der Waals surface area contributed by atoms with Gasteiger partial charge in [-0.25, -0.2) is 0 Å². The predicted octanol–water partition coefficient (Wildman–Crippen LogP) is 12.9. The van der Waals surface area contributed by atoms with Crippen LogP contribution in [0.2, 0.25) is 0 Å². The molecule has 70 heavy (non-hydrogen) atoms. The van der Waals surface area contributed by atoms with Crippen molar-refractivity contribution in [2.24, 2.45) is 0 Å². The number of rotatable bonds is 49. The van der Waals surface area contributed by atoms with Gasteiger partial charge in [-0.15, -0.1) is 0 Å². The molecule has 7 atom stereocenters. The highest BCUT2D eigenvalue weighted by Crippen LogP contribution is 2.23. The van der Waals surface area contributed by atoms with Gasteiger partial charge in [0.2, 0.25) is 5.91 Å². The molecule has 11 heteroatoms. The SMILES string of the molecule is CCCC/C=C\CCCCCCCC(=O)OCCCCCCCCCCCCC/C=C\CCCCCCCCCC(=O)NC(COC1OC(CO)C(O)C(O)C1O)C(O)/C=C/CC/C=C/CCCCC. The fourth-order valence-corrected chi connectivity index (χ4v) is 8.72. The van der Waals surface area contributed by atoms with E-state index in [-0.39, 0.29) is 18.5 Å². The zero-order valence-corrected chi connectivity index (χ0v) is 44.7. The maximum absolute atomic E-state index is 13.0. The van der Waals surface area contributed by atoms with E-state index in [0.29, 0.717) is 19.4 Å². The molecule has 6 N–H and O–H groups in total. The topological polar surface area (TPSA) is 175 Å². The third-order valence-electron chi connectivity index (χ3n) is 13.4. The molecular weight excluding hydrogens is 883 g/mol. The van der Waals surface area contributed by atoms with Crippen LogP contribution in [0.3, 0.4) is 0 Å². The number of unbranched alkanes of at least 4 members (excludes halogenated alkanes) is 29. The van der Waals surface area contributed by atoms with Gasteiger partial charge in [0, 0.05) is 12.8 Å². The Hall–Kier alpha value is -2.38. The summed E-state index contributed by atoms with van der Waals surface area (Å²) in [5, 5.41) is 54.1. The minimum absolute atomic E-state index is 0.0149. The number of allylic oxidation sites excluding steroid dienone is 7. The van der Waals surface area contributed by atoms with Gasteiger partial charge in [0.05, 0.1) is 32.0 Å². The van der Waals surface area contributed by atoms with E-state index in [1.54, 1.807) is 6.08 Å².